The molecule has 1 aliphatic rings. The van der Waals surface area contributed by atoms with E-state index >= 15 is 0 Å². The van der Waals surface area contributed by atoms with Gasteiger partial charge in [0.1, 0.15) is 0 Å². The Bertz CT molecular complexity index is 967. The van der Waals surface area contributed by atoms with E-state index in [1.165, 1.54) is 11.3 Å². The van der Waals surface area contributed by atoms with Crippen LogP contribution in [0.15, 0.2) is 48.5 Å². The van der Waals surface area contributed by atoms with Crippen molar-refractivity contribution in [1.29, 1.82) is 5.26 Å². The van der Waals surface area contributed by atoms with Crippen molar-refractivity contribution >= 4 is 11.6 Å². The fourth-order valence-corrected chi connectivity index (χ4v) is 3.65. The summed E-state index contributed by atoms with van der Waals surface area (Å²) in [5, 5.41) is 18.5. The van der Waals surface area contributed by atoms with Gasteiger partial charge >= 0.3 is 0 Å². The van der Waals surface area contributed by atoms with Gasteiger partial charge in [-0.1, -0.05) is 41.9 Å². The van der Waals surface area contributed by atoms with Crippen LogP contribution in [0.1, 0.15) is 22.4 Å². The summed E-state index contributed by atoms with van der Waals surface area (Å²) in [5.41, 5.74) is 6.37. The highest BCUT2D eigenvalue weighted by molar-refractivity contribution is 6.30. The molecule has 1 N–H and O–H groups in total. The number of nitriles is 1. The SMILES string of the molecule is N#Cc1ccccc1Cn1nc(-c2ccc(Cl)cc2)c2c1CCNCC2. The first kappa shape index (κ1) is 16.8. The normalized spacial score (nSPS) is 13.7. The molecule has 4 nitrogen and oxygen atoms in total. The van der Waals surface area contributed by atoms with Gasteiger partial charge in [0, 0.05) is 34.8 Å². The van der Waals surface area contributed by atoms with Gasteiger partial charge < -0.3 is 5.32 Å². The Balaban J connectivity index is 1.80. The number of rotatable bonds is 3. The summed E-state index contributed by atoms with van der Waals surface area (Å²) in [7, 11) is 0. The maximum Gasteiger partial charge on any atom is 0.0995 e. The lowest BCUT2D eigenvalue weighted by Crippen LogP contribution is -2.17. The molecular weight excluding hydrogens is 344 g/mol. The number of aromatic nitrogens is 2. The molecule has 4 rings (SSSR count). The Morgan fingerprint density at radius 2 is 1.85 bits per heavy atom. The van der Waals surface area contributed by atoms with Crippen LogP contribution in [0.3, 0.4) is 0 Å². The van der Waals surface area contributed by atoms with E-state index in [-0.39, 0.29) is 0 Å². The number of halogens is 1. The summed E-state index contributed by atoms with van der Waals surface area (Å²) >= 11 is 6.05. The Hall–Kier alpha value is -2.61. The van der Waals surface area contributed by atoms with Crippen LogP contribution in [0.25, 0.3) is 11.3 Å². The zero-order chi connectivity index (χ0) is 17.9. The molecular formula is C21H19ClN4. The van der Waals surface area contributed by atoms with E-state index in [0.717, 1.165) is 47.8 Å². The van der Waals surface area contributed by atoms with Gasteiger partial charge in [-0.05, 0) is 36.7 Å². The highest BCUT2D eigenvalue weighted by Gasteiger charge is 2.21. The summed E-state index contributed by atoms with van der Waals surface area (Å²) in [5.74, 6) is 0. The van der Waals surface area contributed by atoms with Crippen molar-refractivity contribution in [3.63, 3.8) is 0 Å². The summed E-state index contributed by atoms with van der Waals surface area (Å²) in [6, 6.07) is 17.9. The lowest BCUT2D eigenvalue weighted by molar-refractivity contribution is 0.628. The van der Waals surface area contributed by atoms with Crippen LogP contribution in [-0.2, 0) is 19.4 Å². The van der Waals surface area contributed by atoms with E-state index in [9.17, 15) is 5.26 Å². The van der Waals surface area contributed by atoms with E-state index in [1.807, 2.05) is 48.5 Å². The molecule has 0 saturated carbocycles. The van der Waals surface area contributed by atoms with Crippen molar-refractivity contribution in [3.8, 4) is 17.3 Å². The Morgan fingerprint density at radius 1 is 1.08 bits per heavy atom. The summed E-state index contributed by atoms with van der Waals surface area (Å²) < 4.78 is 2.07. The maximum absolute atomic E-state index is 9.39. The molecule has 2 aromatic carbocycles. The number of nitrogens with one attached hydrogen (secondary N) is 1. The monoisotopic (exact) mass is 362 g/mol. The zero-order valence-corrected chi connectivity index (χ0v) is 15.1. The predicted molar refractivity (Wildman–Crippen MR) is 103 cm³/mol. The van der Waals surface area contributed by atoms with Crippen molar-refractivity contribution in [2.24, 2.45) is 0 Å². The molecule has 0 saturated heterocycles. The summed E-state index contributed by atoms with van der Waals surface area (Å²) in [6.07, 6.45) is 1.89. The average Bonchev–Trinajstić information content (AvgIpc) is 2.84. The van der Waals surface area contributed by atoms with Crippen LogP contribution in [0, 0.1) is 11.3 Å². The standard InChI is InChI=1S/C21H19ClN4/c22-18-7-5-15(6-8-18)21-19-9-11-24-12-10-20(19)26(25-21)14-17-4-2-1-3-16(17)13-23/h1-8,24H,9-12,14H2. The number of hydrogen-bond acceptors (Lipinski definition) is 3. The first-order valence-corrected chi connectivity index (χ1v) is 9.17. The fourth-order valence-electron chi connectivity index (χ4n) is 3.52. The molecule has 0 bridgehead atoms. The van der Waals surface area contributed by atoms with Crippen LogP contribution in [0.5, 0.6) is 0 Å². The Morgan fingerprint density at radius 3 is 2.65 bits per heavy atom. The van der Waals surface area contributed by atoms with Crippen molar-refractivity contribution < 1.29 is 0 Å². The molecule has 1 aliphatic heterocycles. The number of fused-ring (bicyclic) bond motifs is 1. The first-order chi connectivity index (χ1) is 12.8. The van der Waals surface area contributed by atoms with Gasteiger partial charge in [-0.15, -0.1) is 0 Å². The Kier molecular flexibility index (Phi) is 4.75. The molecule has 5 heteroatoms. The molecule has 0 spiro atoms. The highest BCUT2D eigenvalue weighted by atomic mass is 35.5. The second kappa shape index (κ2) is 7.33. The third-order valence-corrected chi connectivity index (χ3v) is 5.08. The predicted octanol–water partition coefficient (Wildman–Crippen LogP) is 3.81. The lowest BCUT2D eigenvalue weighted by Gasteiger charge is -2.09. The lowest BCUT2D eigenvalue weighted by atomic mass is 10.0. The summed E-state index contributed by atoms with van der Waals surface area (Å²) in [4.78, 5) is 0. The van der Waals surface area contributed by atoms with E-state index in [4.69, 9.17) is 16.7 Å². The number of benzene rings is 2. The smallest absolute Gasteiger partial charge is 0.0995 e. The fraction of sp³-hybridized carbons (Fsp3) is 0.238. The molecule has 0 amide bonds. The third kappa shape index (κ3) is 3.24. The van der Waals surface area contributed by atoms with E-state index in [2.05, 4.69) is 16.1 Å². The van der Waals surface area contributed by atoms with E-state index in [0.29, 0.717) is 12.1 Å². The largest absolute Gasteiger partial charge is 0.316 e. The zero-order valence-electron chi connectivity index (χ0n) is 14.4. The van der Waals surface area contributed by atoms with Gasteiger partial charge in [0.15, 0.2) is 0 Å². The number of nitrogens with zero attached hydrogens (tertiary/aromatic N) is 3. The number of hydrogen-bond donors (Lipinski definition) is 1. The molecule has 3 aromatic rings. The topological polar surface area (TPSA) is 53.6 Å². The van der Waals surface area contributed by atoms with E-state index < -0.39 is 0 Å². The molecule has 2 heterocycles. The molecule has 0 atom stereocenters. The minimum Gasteiger partial charge on any atom is -0.316 e. The minimum atomic E-state index is 0.611. The van der Waals surface area contributed by atoms with Gasteiger partial charge in [-0.2, -0.15) is 10.4 Å². The molecule has 1 aromatic heterocycles. The second-order valence-electron chi connectivity index (χ2n) is 6.46. The van der Waals surface area contributed by atoms with Gasteiger partial charge in [-0.3, -0.25) is 4.68 Å². The molecule has 130 valence electrons. The van der Waals surface area contributed by atoms with Gasteiger partial charge in [0.2, 0.25) is 0 Å². The van der Waals surface area contributed by atoms with Crippen molar-refractivity contribution in [3.05, 3.63) is 75.9 Å². The quantitative estimate of drug-likeness (QED) is 0.770. The van der Waals surface area contributed by atoms with Crippen LogP contribution in [0.2, 0.25) is 5.02 Å². The van der Waals surface area contributed by atoms with E-state index in [1.54, 1.807) is 0 Å². The van der Waals surface area contributed by atoms with Crippen molar-refractivity contribution in [2.45, 2.75) is 19.4 Å². The highest BCUT2D eigenvalue weighted by Crippen LogP contribution is 2.29. The first-order valence-electron chi connectivity index (χ1n) is 8.79. The van der Waals surface area contributed by atoms with Crippen LogP contribution < -0.4 is 5.32 Å². The van der Waals surface area contributed by atoms with Gasteiger partial charge in [-0.25, -0.2) is 0 Å². The van der Waals surface area contributed by atoms with Gasteiger partial charge in [0.25, 0.3) is 0 Å². The summed E-state index contributed by atoms with van der Waals surface area (Å²) in [6.45, 7) is 2.51. The van der Waals surface area contributed by atoms with Crippen molar-refractivity contribution in [1.82, 2.24) is 15.1 Å². The molecule has 0 fully saturated rings. The molecule has 0 aliphatic carbocycles. The molecule has 26 heavy (non-hydrogen) atoms. The van der Waals surface area contributed by atoms with Crippen LogP contribution in [0.4, 0.5) is 0 Å². The Labute approximate surface area is 158 Å². The van der Waals surface area contributed by atoms with Crippen molar-refractivity contribution in [2.75, 3.05) is 13.1 Å². The molecule has 0 unspecified atom stereocenters. The van der Waals surface area contributed by atoms with Crippen LogP contribution in [-0.4, -0.2) is 22.9 Å². The molecule has 0 radical (unpaired) electrons. The van der Waals surface area contributed by atoms with Gasteiger partial charge in [0.05, 0.1) is 23.9 Å². The third-order valence-electron chi connectivity index (χ3n) is 4.83. The minimum absolute atomic E-state index is 0.611. The second-order valence-corrected chi connectivity index (χ2v) is 6.89. The van der Waals surface area contributed by atoms with Crippen LogP contribution >= 0.6 is 11.6 Å². The average molecular weight is 363 g/mol. The maximum atomic E-state index is 9.39.